The Hall–Kier alpha value is -0.120. The van der Waals surface area contributed by atoms with Crippen molar-refractivity contribution in [1.82, 2.24) is 10.2 Å². The molecule has 0 bridgehead atoms. The molecular weight excluding hydrogens is 174 g/mol. The minimum absolute atomic E-state index is 0.597. The van der Waals surface area contributed by atoms with Crippen molar-refractivity contribution in [2.24, 2.45) is 11.7 Å². The standard InChI is InChI=1S/C11H27N3/c1-10(2)9-13-6-8-14(7-5-12)11(3)4/h10-11,13H,5-9,12H2,1-4H3. The third-order valence-corrected chi connectivity index (χ3v) is 2.27. The Morgan fingerprint density at radius 2 is 1.79 bits per heavy atom. The van der Waals surface area contributed by atoms with Crippen molar-refractivity contribution in [3.05, 3.63) is 0 Å². The Bertz CT molecular complexity index is 124. The van der Waals surface area contributed by atoms with Crippen molar-refractivity contribution in [2.45, 2.75) is 33.7 Å². The molecule has 0 saturated carbocycles. The van der Waals surface area contributed by atoms with Crippen LogP contribution in [0.15, 0.2) is 0 Å². The summed E-state index contributed by atoms with van der Waals surface area (Å²) in [5.74, 6) is 0.733. The minimum atomic E-state index is 0.597. The third kappa shape index (κ3) is 7.30. The van der Waals surface area contributed by atoms with Gasteiger partial charge in [-0.15, -0.1) is 0 Å². The monoisotopic (exact) mass is 201 g/mol. The van der Waals surface area contributed by atoms with E-state index in [0.717, 1.165) is 38.6 Å². The summed E-state index contributed by atoms with van der Waals surface area (Å²) in [4.78, 5) is 2.41. The van der Waals surface area contributed by atoms with Crippen LogP contribution in [-0.4, -0.2) is 43.7 Å². The number of rotatable bonds is 8. The summed E-state index contributed by atoms with van der Waals surface area (Å²) in [5, 5.41) is 3.45. The normalized spacial score (nSPS) is 12.0. The van der Waals surface area contributed by atoms with Crippen molar-refractivity contribution in [3.63, 3.8) is 0 Å². The molecule has 0 fully saturated rings. The van der Waals surface area contributed by atoms with Crippen molar-refractivity contribution in [1.29, 1.82) is 0 Å². The van der Waals surface area contributed by atoms with E-state index in [0.29, 0.717) is 6.04 Å². The van der Waals surface area contributed by atoms with Gasteiger partial charge in [0.25, 0.3) is 0 Å². The summed E-state index contributed by atoms with van der Waals surface area (Å²) in [6, 6.07) is 0.597. The zero-order valence-corrected chi connectivity index (χ0v) is 10.2. The molecule has 0 aliphatic rings. The summed E-state index contributed by atoms with van der Waals surface area (Å²) < 4.78 is 0. The number of hydrogen-bond donors (Lipinski definition) is 2. The van der Waals surface area contributed by atoms with Gasteiger partial charge < -0.3 is 11.1 Å². The molecule has 14 heavy (non-hydrogen) atoms. The fourth-order valence-electron chi connectivity index (χ4n) is 1.41. The fourth-order valence-corrected chi connectivity index (χ4v) is 1.41. The molecule has 3 N–H and O–H groups in total. The summed E-state index contributed by atoms with van der Waals surface area (Å²) in [6.45, 7) is 13.9. The molecule has 0 aromatic rings. The predicted octanol–water partition coefficient (Wildman–Crippen LogP) is 0.901. The second kappa shape index (κ2) is 8.21. The van der Waals surface area contributed by atoms with Gasteiger partial charge in [0.05, 0.1) is 0 Å². The van der Waals surface area contributed by atoms with E-state index in [1.165, 1.54) is 0 Å². The van der Waals surface area contributed by atoms with Gasteiger partial charge >= 0.3 is 0 Å². The molecule has 0 aromatic carbocycles. The number of hydrogen-bond acceptors (Lipinski definition) is 3. The third-order valence-electron chi connectivity index (χ3n) is 2.27. The van der Waals surface area contributed by atoms with E-state index in [1.54, 1.807) is 0 Å². The first kappa shape index (κ1) is 13.9. The molecule has 0 amide bonds. The highest BCUT2D eigenvalue weighted by molar-refractivity contribution is 4.64. The molecule has 0 rings (SSSR count). The van der Waals surface area contributed by atoms with Gasteiger partial charge in [-0.25, -0.2) is 0 Å². The number of nitrogens with one attached hydrogen (secondary N) is 1. The fraction of sp³-hybridized carbons (Fsp3) is 1.00. The van der Waals surface area contributed by atoms with Crippen LogP contribution < -0.4 is 11.1 Å². The quantitative estimate of drug-likeness (QED) is 0.573. The maximum Gasteiger partial charge on any atom is 0.0110 e. The van der Waals surface area contributed by atoms with Crippen LogP contribution in [0.25, 0.3) is 0 Å². The van der Waals surface area contributed by atoms with Crippen LogP contribution in [0.4, 0.5) is 0 Å². The van der Waals surface area contributed by atoms with Crippen LogP contribution in [-0.2, 0) is 0 Å². The minimum Gasteiger partial charge on any atom is -0.329 e. The molecule has 0 heterocycles. The first-order valence-corrected chi connectivity index (χ1v) is 5.72. The largest absolute Gasteiger partial charge is 0.329 e. The van der Waals surface area contributed by atoms with Crippen molar-refractivity contribution >= 4 is 0 Å². The molecule has 86 valence electrons. The van der Waals surface area contributed by atoms with E-state index in [-0.39, 0.29) is 0 Å². The molecule has 0 spiro atoms. The van der Waals surface area contributed by atoms with Gasteiger partial charge in [0, 0.05) is 32.2 Å². The molecule has 0 atom stereocenters. The topological polar surface area (TPSA) is 41.3 Å². The Balaban J connectivity index is 3.50. The second-order valence-corrected chi connectivity index (χ2v) is 4.52. The highest BCUT2D eigenvalue weighted by atomic mass is 15.2. The lowest BCUT2D eigenvalue weighted by atomic mass is 10.2. The molecule has 0 radical (unpaired) electrons. The van der Waals surface area contributed by atoms with E-state index < -0.39 is 0 Å². The van der Waals surface area contributed by atoms with E-state index in [1.807, 2.05) is 0 Å². The zero-order chi connectivity index (χ0) is 11.0. The van der Waals surface area contributed by atoms with Crippen molar-refractivity contribution in [2.75, 3.05) is 32.7 Å². The van der Waals surface area contributed by atoms with E-state index in [2.05, 4.69) is 37.9 Å². The van der Waals surface area contributed by atoms with E-state index in [4.69, 9.17) is 5.73 Å². The average Bonchev–Trinajstić information content (AvgIpc) is 2.09. The summed E-state index contributed by atoms with van der Waals surface area (Å²) in [7, 11) is 0. The summed E-state index contributed by atoms with van der Waals surface area (Å²) in [6.07, 6.45) is 0. The first-order valence-electron chi connectivity index (χ1n) is 5.72. The van der Waals surface area contributed by atoms with Gasteiger partial charge in [0.15, 0.2) is 0 Å². The maximum absolute atomic E-state index is 5.56. The van der Waals surface area contributed by atoms with Crippen LogP contribution in [0, 0.1) is 5.92 Å². The Morgan fingerprint density at radius 3 is 2.21 bits per heavy atom. The molecule has 0 aromatic heterocycles. The van der Waals surface area contributed by atoms with Gasteiger partial charge in [0.1, 0.15) is 0 Å². The summed E-state index contributed by atoms with van der Waals surface area (Å²) >= 11 is 0. The van der Waals surface area contributed by atoms with E-state index >= 15 is 0 Å². The Morgan fingerprint density at radius 1 is 1.14 bits per heavy atom. The highest BCUT2D eigenvalue weighted by Crippen LogP contribution is 1.95. The number of nitrogens with zero attached hydrogens (tertiary/aromatic N) is 1. The smallest absolute Gasteiger partial charge is 0.0110 e. The molecule has 0 aliphatic heterocycles. The predicted molar refractivity (Wildman–Crippen MR) is 63.5 cm³/mol. The lowest BCUT2D eigenvalue weighted by molar-refractivity contribution is 0.227. The SMILES string of the molecule is CC(C)CNCCN(CCN)C(C)C. The lowest BCUT2D eigenvalue weighted by Gasteiger charge is -2.26. The molecule has 0 saturated heterocycles. The van der Waals surface area contributed by atoms with Gasteiger partial charge in [-0.05, 0) is 26.3 Å². The molecule has 3 nitrogen and oxygen atoms in total. The van der Waals surface area contributed by atoms with E-state index in [9.17, 15) is 0 Å². The van der Waals surface area contributed by atoms with Gasteiger partial charge in [-0.3, -0.25) is 4.90 Å². The van der Waals surface area contributed by atoms with Crippen LogP contribution in [0.2, 0.25) is 0 Å². The number of nitrogens with two attached hydrogens (primary N) is 1. The van der Waals surface area contributed by atoms with Gasteiger partial charge in [-0.1, -0.05) is 13.8 Å². The lowest BCUT2D eigenvalue weighted by Crippen LogP contribution is -2.40. The Labute approximate surface area is 89.0 Å². The van der Waals surface area contributed by atoms with Gasteiger partial charge in [0.2, 0.25) is 0 Å². The zero-order valence-electron chi connectivity index (χ0n) is 10.2. The molecule has 0 unspecified atom stereocenters. The maximum atomic E-state index is 5.56. The second-order valence-electron chi connectivity index (χ2n) is 4.52. The van der Waals surface area contributed by atoms with Crippen LogP contribution >= 0.6 is 0 Å². The van der Waals surface area contributed by atoms with Crippen LogP contribution in [0.3, 0.4) is 0 Å². The molecular formula is C11H27N3. The van der Waals surface area contributed by atoms with Crippen molar-refractivity contribution < 1.29 is 0 Å². The molecule has 0 aliphatic carbocycles. The first-order chi connectivity index (χ1) is 6.57. The average molecular weight is 201 g/mol. The summed E-state index contributed by atoms with van der Waals surface area (Å²) in [5.41, 5.74) is 5.56. The molecule has 3 heteroatoms. The van der Waals surface area contributed by atoms with Gasteiger partial charge in [-0.2, -0.15) is 0 Å². The van der Waals surface area contributed by atoms with Crippen LogP contribution in [0.5, 0.6) is 0 Å². The Kier molecular flexibility index (Phi) is 8.14. The highest BCUT2D eigenvalue weighted by Gasteiger charge is 2.06. The van der Waals surface area contributed by atoms with Crippen molar-refractivity contribution in [3.8, 4) is 0 Å². The van der Waals surface area contributed by atoms with Crippen LogP contribution in [0.1, 0.15) is 27.7 Å².